The van der Waals surface area contributed by atoms with Gasteiger partial charge in [-0.3, -0.25) is 4.57 Å². The molecule has 0 aliphatic carbocycles. The number of hydrogen-bond donors (Lipinski definition) is 2. The zero-order valence-corrected chi connectivity index (χ0v) is 18.0. The Morgan fingerprint density at radius 1 is 1.00 bits per heavy atom. The second kappa shape index (κ2) is 7.46. The summed E-state index contributed by atoms with van der Waals surface area (Å²) in [5.41, 5.74) is 11.0. The Hall–Kier alpha value is -3.71. The maximum absolute atomic E-state index is 5.94. The molecule has 0 saturated carbocycles. The number of nitrogens with zero attached hydrogens (tertiary/aromatic N) is 5. The molecule has 2 aromatic carbocycles. The number of anilines is 1. The molecule has 0 radical (unpaired) electrons. The first-order valence-corrected chi connectivity index (χ1v) is 11.1. The van der Waals surface area contributed by atoms with Gasteiger partial charge in [0.05, 0.1) is 17.2 Å². The molecule has 32 heavy (non-hydrogen) atoms. The number of nitrogens with two attached hydrogens (primary N) is 1. The van der Waals surface area contributed by atoms with Gasteiger partial charge in [-0.15, -0.1) is 0 Å². The van der Waals surface area contributed by atoms with Crippen molar-refractivity contribution in [3.63, 3.8) is 0 Å². The van der Waals surface area contributed by atoms with Crippen molar-refractivity contribution in [1.29, 1.82) is 0 Å². The van der Waals surface area contributed by atoms with Crippen molar-refractivity contribution in [2.45, 2.75) is 25.7 Å². The predicted molar refractivity (Wildman–Crippen MR) is 127 cm³/mol. The highest BCUT2D eigenvalue weighted by atomic mass is 15.3. The summed E-state index contributed by atoms with van der Waals surface area (Å²) in [6, 6.07) is 16.3. The second-order valence-corrected chi connectivity index (χ2v) is 8.54. The van der Waals surface area contributed by atoms with Crippen molar-refractivity contribution in [3.05, 3.63) is 72.2 Å². The number of aryl methyl sites for hydroxylation is 1. The van der Waals surface area contributed by atoms with Gasteiger partial charge in [0.25, 0.3) is 0 Å². The van der Waals surface area contributed by atoms with E-state index in [-0.39, 0.29) is 0 Å². The smallest absolute Gasteiger partial charge is 0.236 e. The predicted octanol–water partition coefficient (Wildman–Crippen LogP) is 4.12. The molecule has 1 fully saturated rings. The number of fused-ring (bicyclic) bond motifs is 2. The zero-order chi connectivity index (χ0) is 21.7. The minimum absolute atomic E-state index is 0.548. The Morgan fingerprint density at radius 2 is 1.84 bits per heavy atom. The molecule has 5 aromatic rings. The van der Waals surface area contributed by atoms with Crippen molar-refractivity contribution < 1.29 is 0 Å². The number of rotatable bonds is 3. The molecule has 6 rings (SSSR count). The van der Waals surface area contributed by atoms with Crippen LogP contribution < -0.4 is 11.1 Å². The third kappa shape index (κ3) is 3.13. The summed E-state index contributed by atoms with van der Waals surface area (Å²) < 4.78 is 3.99. The third-order valence-corrected chi connectivity index (χ3v) is 6.38. The second-order valence-electron chi connectivity index (χ2n) is 8.54. The average Bonchev–Trinajstić information content (AvgIpc) is 3.41. The Bertz CT molecular complexity index is 1440. The van der Waals surface area contributed by atoms with Crippen molar-refractivity contribution in [2.24, 2.45) is 0 Å². The van der Waals surface area contributed by atoms with Gasteiger partial charge in [-0.05, 0) is 68.6 Å². The lowest BCUT2D eigenvalue weighted by molar-refractivity contribution is 0.462. The van der Waals surface area contributed by atoms with Gasteiger partial charge in [-0.25, -0.2) is 9.67 Å². The fourth-order valence-electron chi connectivity index (χ4n) is 4.82. The summed E-state index contributed by atoms with van der Waals surface area (Å²) in [6.45, 7) is 4.12. The van der Waals surface area contributed by atoms with Gasteiger partial charge < -0.3 is 11.1 Å². The maximum Gasteiger partial charge on any atom is 0.236 e. The van der Waals surface area contributed by atoms with E-state index in [1.54, 1.807) is 0 Å². The van der Waals surface area contributed by atoms with Gasteiger partial charge in [0.1, 0.15) is 0 Å². The number of aromatic nitrogens is 5. The summed E-state index contributed by atoms with van der Waals surface area (Å²) >= 11 is 0. The highest BCUT2D eigenvalue weighted by molar-refractivity contribution is 5.86. The average molecular weight is 424 g/mol. The monoisotopic (exact) mass is 423 g/mol. The minimum Gasteiger partial charge on any atom is -0.399 e. The topological polar surface area (TPSA) is 86.6 Å². The summed E-state index contributed by atoms with van der Waals surface area (Å²) in [7, 11) is 0. The fraction of sp³-hybridized carbons (Fsp3) is 0.240. The Morgan fingerprint density at radius 3 is 2.72 bits per heavy atom. The van der Waals surface area contributed by atoms with E-state index in [4.69, 9.17) is 15.7 Å². The molecule has 4 heterocycles. The Labute approximate surface area is 185 Å². The van der Waals surface area contributed by atoms with Crippen LogP contribution in [-0.4, -0.2) is 37.4 Å². The summed E-state index contributed by atoms with van der Waals surface area (Å²) in [5.74, 6) is 1.95. The van der Waals surface area contributed by atoms with E-state index in [0.717, 1.165) is 59.5 Å². The van der Waals surface area contributed by atoms with E-state index in [0.29, 0.717) is 11.9 Å². The lowest BCUT2D eigenvalue weighted by atomic mass is 9.90. The number of benzene rings is 2. The molecule has 7 nitrogen and oxygen atoms in total. The van der Waals surface area contributed by atoms with Gasteiger partial charge in [0.15, 0.2) is 5.82 Å². The largest absolute Gasteiger partial charge is 0.399 e. The highest BCUT2D eigenvalue weighted by Crippen LogP contribution is 2.34. The molecule has 0 unspecified atom stereocenters. The van der Waals surface area contributed by atoms with E-state index in [1.807, 2.05) is 42.1 Å². The van der Waals surface area contributed by atoms with E-state index >= 15 is 0 Å². The molecule has 1 aliphatic rings. The quantitative estimate of drug-likeness (QED) is 0.426. The van der Waals surface area contributed by atoms with Crippen molar-refractivity contribution in [2.75, 3.05) is 18.8 Å². The number of hydrogen-bond acceptors (Lipinski definition) is 5. The van der Waals surface area contributed by atoms with E-state index in [9.17, 15) is 0 Å². The first-order chi connectivity index (χ1) is 15.7. The SMILES string of the molecule is Cc1cc(-n2ncc3cc(N)ccc32)nc(-n2cc(C3CCNCC3)c3ccccc32)n1. The van der Waals surface area contributed by atoms with Crippen LogP contribution in [0, 0.1) is 6.92 Å². The molecular formula is C25H25N7. The van der Waals surface area contributed by atoms with Crippen LogP contribution in [0.4, 0.5) is 5.69 Å². The molecule has 0 atom stereocenters. The van der Waals surface area contributed by atoms with Crippen molar-refractivity contribution in [3.8, 4) is 11.8 Å². The van der Waals surface area contributed by atoms with Crippen LogP contribution in [0.2, 0.25) is 0 Å². The summed E-state index contributed by atoms with van der Waals surface area (Å²) in [6.07, 6.45) is 6.36. The van der Waals surface area contributed by atoms with E-state index < -0.39 is 0 Å². The normalized spacial score (nSPS) is 15.0. The van der Waals surface area contributed by atoms with E-state index in [2.05, 4.69) is 45.4 Å². The molecule has 0 spiro atoms. The molecule has 1 aliphatic heterocycles. The first-order valence-electron chi connectivity index (χ1n) is 11.1. The lowest BCUT2D eigenvalue weighted by Crippen LogP contribution is -2.26. The fourth-order valence-corrected chi connectivity index (χ4v) is 4.82. The number of piperidine rings is 1. The van der Waals surface area contributed by atoms with Gasteiger partial charge in [0.2, 0.25) is 5.95 Å². The highest BCUT2D eigenvalue weighted by Gasteiger charge is 2.21. The molecule has 3 aromatic heterocycles. The van der Waals surface area contributed by atoms with Crippen LogP contribution >= 0.6 is 0 Å². The standard InChI is InChI=1S/C25H25N7/c1-16-12-24(32-22-7-6-19(26)13-18(22)14-28-32)30-25(29-16)31-15-21(17-8-10-27-11-9-17)20-4-2-3-5-23(20)31/h2-7,12-15,17,27H,8-11,26H2,1H3. The summed E-state index contributed by atoms with van der Waals surface area (Å²) in [4.78, 5) is 9.73. The molecule has 1 saturated heterocycles. The minimum atomic E-state index is 0.548. The molecule has 0 bridgehead atoms. The molecule has 0 amide bonds. The van der Waals surface area contributed by atoms with Crippen LogP contribution in [0.1, 0.15) is 30.0 Å². The Balaban J connectivity index is 1.51. The first kappa shape index (κ1) is 19.0. The van der Waals surface area contributed by atoms with Crippen LogP contribution in [0.25, 0.3) is 33.6 Å². The van der Waals surface area contributed by atoms with Crippen LogP contribution in [0.5, 0.6) is 0 Å². The molecule has 160 valence electrons. The third-order valence-electron chi connectivity index (χ3n) is 6.38. The van der Waals surface area contributed by atoms with Gasteiger partial charge in [-0.1, -0.05) is 18.2 Å². The van der Waals surface area contributed by atoms with E-state index in [1.165, 1.54) is 10.9 Å². The van der Waals surface area contributed by atoms with Gasteiger partial charge in [-0.2, -0.15) is 10.1 Å². The van der Waals surface area contributed by atoms with Crippen molar-refractivity contribution >= 4 is 27.5 Å². The lowest BCUT2D eigenvalue weighted by Gasteiger charge is -2.22. The molecule has 3 N–H and O–H groups in total. The van der Waals surface area contributed by atoms with Gasteiger partial charge >= 0.3 is 0 Å². The maximum atomic E-state index is 5.94. The van der Waals surface area contributed by atoms with Crippen LogP contribution in [-0.2, 0) is 0 Å². The van der Waals surface area contributed by atoms with Crippen molar-refractivity contribution in [1.82, 2.24) is 29.6 Å². The van der Waals surface area contributed by atoms with Crippen LogP contribution in [0.3, 0.4) is 0 Å². The Kier molecular flexibility index (Phi) is 4.43. The number of nitrogens with one attached hydrogen (secondary N) is 1. The summed E-state index contributed by atoms with van der Waals surface area (Å²) in [5, 5.41) is 10.3. The zero-order valence-electron chi connectivity index (χ0n) is 18.0. The molecule has 7 heteroatoms. The number of para-hydroxylation sites is 1. The van der Waals surface area contributed by atoms with Gasteiger partial charge in [0, 0.05) is 34.4 Å². The molecular weight excluding hydrogens is 398 g/mol. The number of nitrogen functional groups attached to an aromatic ring is 1. The van der Waals surface area contributed by atoms with Crippen LogP contribution in [0.15, 0.2) is 60.9 Å².